The van der Waals surface area contributed by atoms with Crippen molar-refractivity contribution in [1.82, 2.24) is 0 Å². The van der Waals surface area contributed by atoms with Crippen LogP contribution < -0.4 is 5.73 Å². The van der Waals surface area contributed by atoms with Crippen molar-refractivity contribution in [3.63, 3.8) is 0 Å². The fraction of sp³-hybridized carbons (Fsp3) is 0.333. The lowest BCUT2D eigenvalue weighted by molar-refractivity contribution is -0.137. The number of benzene rings is 1. The molecule has 5 heteroatoms. The van der Waals surface area contributed by atoms with Crippen molar-refractivity contribution in [3.8, 4) is 0 Å². The van der Waals surface area contributed by atoms with Crippen LogP contribution in [0.1, 0.15) is 30.9 Å². The smallest absolute Gasteiger partial charge is 0.370 e. The topological polar surface area (TPSA) is 43.1 Å². The highest BCUT2D eigenvalue weighted by molar-refractivity contribution is 5.76. The number of nitrogens with two attached hydrogens (primary N) is 1. The van der Waals surface area contributed by atoms with E-state index < -0.39 is 17.6 Å². The zero-order valence-electron chi connectivity index (χ0n) is 9.34. The molecule has 2 N–H and O–H groups in total. The second kappa shape index (κ2) is 5.21. The Bertz CT molecular complexity index is 384. The first-order chi connectivity index (χ1) is 7.84. The molecule has 2 nitrogen and oxygen atoms in total. The van der Waals surface area contributed by atoms with E-state index in [1.165, 1.54) is 12.1 Å². The van der Waals surface area contributed by atoms with Crippen LogP contribution >= 0.6 is 0 Å². The van der Waals surface area contributed by atoms with Gasteiger partial charge < -0.3 is 5.73 Å². The molecule has 0 spiro atoms. The first-order valence-electron chi connectivity index (χ1n) is 5.15. The van der Waals surface area contributed by atoms with E-state index in [0.717, 1.165) is 18.1 Å². The molecule has 0 aromatic heterocycles. The van der Waals surface area contributed by atoms with Crippen LogP contribution in [0.15, 0.2) is 24.3 Å². The molecule has 0 aliphatic rings. The lowest BCUT2D eigenvalue weighted by Crippen LogP contribution is -2.15. The molecule has 0 fully saturated rings. The Balaban J connectivity index is 2.89. The van der Waals surface area contributed by atoms with Crippen molar-refractivity contribution >= 4 is 5.91 Å². The summed E-state index contributed by atoms with van der Waals surface area (Å²) in [5.74, 6) is 0.257. The number of hydrogen-bond acceptors (Lipinski definition) is 1. The number of amides is 1. The maximum atomic E-state index is 12.3. The molecular formula is C12H13F3NO. The Morgan fingerprint density at radius 3 is 2.12 bits per heavy atom. The number of primary amides is 1. The van der Waals surface area contributed by atoms with Gasteiger partial charge in [-0.1, -0.05) is 19.1 Å². The van der Waals surface area contributed by atoms with Crippen molar-refractivity contribution < 1.29 is 18.0 Å². The summed E-state index contributed by atoms with van der Waals surface area (Å²) < 4.78 is 37.0. The largest absolute Gasteiger partial charge is 0.416 e. The number of halogens is 3. The number of rotatable bonds is 4. The van der Waals surface area contributed by atoms with Gasteiger partial charge in [-0.2, -0.15) is 13.2 Å². The van der Waals surface area contributed by atoms with Gasteiger partial charge in [-0.3, -0.25) is 4.79 Å². The maximum Gasteiger partial charge on any atom is 0.416 e. The van der Waals surface area contributed by atoms with Gasteiger partial charge in [0.25, 0.3) is 0 Å². The van der Waals surface area contributed by atoms with E-state index in [2.05, 4.69) is 0 Å². The molecule has 1 radical (unpaired) electrons. The molecule has 0 unspecified atom stereocenters. The predicted octanol–water partition coefficient (Wildman–Crippen LogP) is 2.91. The Labute approximate surface area is 97.6 Å². The fourth-order valence-electron chi connectivity index (χ4n) is 1.54. The standard InChI is InChI=1S/C12H13F3NO/c1-2-8(7-11(16)17)9-3-5-10(6-4-9)12(13,14)15/h3-6H,2,7H2,1H3,(H2,16,17). The summed E-state index contributed by atoms with van der Waals surface area (Å²) in [4.78, 5) is 10.8. The van der Waals surface area contributed by atoms with Crippen molar-refractivity contribution in [2.45, 2.75) is 25.9 Å². The van der Waals surface area contributed by atoms with E-state index in [9.17, 15) is 18.0 Å². The quantitative estimate of drug-likeness (QED) is 0.869. The van der Waals surface area contributed by atoms with Crippen LogP contribution in [0.4, 0.5) is 13.2 Å². The van der Waals surface area contributed by atoms with Crippen LogP contribution in [0.25, 0.3) is 0 Å². The first-order valence-corrected chi connectivity index (χ1v) is 5.15. The van der Waals surface area contributed by atoms with Crippen molar-refractivity contribution in [2.75, 3.05) is 0 Å². The Hall–Kier alpha value is -1.52. The summed E-state index contributed by atoms with van der Waals surface area (Å²) in [7, 11) is 0. The summed E-state index contributed by atoms with van der Waals surface area (Å²) in [6, 6.07) is 4.74. The molecular weight excluding hydrogens is 231 g/mol. The first kappa shape index (κ1) is 13.5. The van der Waals surface area contributed by atoms with Gasteiger partial charge in [0, 0.05) is 12.3 Å². The van der Waals surface area contributed by atoms with Gasteiger partial charge in [0.2, 0.25) is 5.91 Å². The van der Waals surface area contributed by atoms with E-state index in [4.69, 9.17) is 5.73 Å². The van der Waals surface area contributed by atoms with E-state index >= 15 is 0 Å². The van der Waals surface area contributed by atoms with Gasteiger partial charge in [-0.15, -0.1) is 0 Å². The van der Waals surface area contributed by atoms with Crippen LogP contribution in [-0.4, -0.2) is 5.91 Å². The summed E-state index contributed by atoms with van der Waals surface area (Å²) in [5, 5.41) is 0. The fourth-order valence-corrected chi connectivity index (χ4v) is 1.54. The van der Waals surface area contributed by atoms with Gasteiger partial charge in [-0.25, -0.2) is 0 Å². The average molecular weight is 244 g/mol. The van der Waals surface area contributed by atoms with E-state index in [1.54, 1.807) is 0 Å². The molecule has 0 bridgehead atoms. The van der Waals surface area contributed by atoms with Crippen molar-refractivity contribution in [3.05, 3.63) is 41.3 Å². The SMILES string of the molecule is CC[C](CC(N)=O)c1ccc(C(F)(F)F)cc1. The van der Waals surface area contributed by atoms with Crippen molar-refractivity contribution in [2.24, 2.45) is 5.73 Å². The van der Waals surface area contributed by atoms with Gasteiger partial charge in [0.05, 0.1) is 5.56 Å². The molecule has 0 heterocycles. The van der Waals surface area contributed by atoms with Gasteiger partial charge in [0.15, 0.2) is 0 Å². The normalized spacial score (nSPS) is 11.8. The number of carbonyl (C=O) groups is 1. The van der Waals surface area contributed by atoms with Crippen LogP contribution in [0.3, 0.4) is 0 Å². The third-order valence-corrected chi connectivity index (χ3v) is 2.43. The summed E-state index contributed by atoms with van der Waals surface area (Å²) in [6.07, 6.45) is -3.69. The number of alkyl halides is 3. The highest BCUT2D eigenvalue weighted by Crippen LogP contribution is 2.31. The zero-order valence-corrected chi connectivity index (χ0v) is 9.34. The van der Waals surface area contributed by atoms with Gasteiger partial charge >= 0.3 is 6.18 Å². The van der Waals surface area contributed by atoms with Crippen LogP contribution in [0.5, 0.6) is 0 Å². The second-order valence-electron chi connectivity index (χ2n) is 3.68. The molecule has 1 aromatic rings. The molecule has 17 heavy (non-hydrogen) atoms. The third kappa shape index (κ3) is 3.76. The van der Waals surface area contributed by atoms with E-state index in [1.807, 2.05) is 6.92 Å². The maximum absolute atomic E-state index is 12.3. The summed E-state index contributed by atoms with van der Waals surface area (Å²) in [5.41, 5.74) is 4.99. The number of carbonyl (C=O) groups excluding carboxylic acids is 1. The molecule has 0 aliphatic carbocycles. The molecule has 1 aromatic carbocycles. The summed E-state index contributed by atoms with van der Waals surface area (Å²) >= 11 is 0. The molecule has 0 saturated carbocycles. The monoisotopic (exact) mass is 244 g/mol. The average Bonchev–Trinajstić information content (AvgIpc) is 2.24. The van der Waals surface area contributed by atoms with Crippen molar-refractivity contribution in [1.29, 1.82) is 0 Å². The molecule has 0 saturated heterocycles. The van der Waals surface area contributed by atoms with E-state index in [0.29, 0.717) is 12.0 Å². The lowest BCUT2D eigenvalue weighted by atomic mass is 9.92. The van der Waals surface area contributed by atoms with E-state index in [-0.39, 0.29) is 6.42 Å². The third-order valence-electron chi connectivity index (χ3n) is 2.43. The Morgan fingerprint density at radius 2 is 1.76 bits per heavy atom. The molecule has 0 atom stereocenters. The highest BCUT2D eigenvalue weighted by atomic mass is 19.4. The van der Waals surface area contributed by atoms with Crippen LogP contribution in [0.2, 0.25) is 0 Å². The second-order valence-corrected chi connectivity index (χ2v) is 3.68. The molecule has 1 amide bonds. The van der Waals surface area contributed by atoms with Crippen LogP contribution in [0, 0.1) is 5.92 Å². The lowest BCUT2D eigenvalue weighted by Gasteiger charge is -2.14. The van der Waals surface area contributed by atoms with Crippen LogP contribution in [-0.2, 0) is 11.0 Å². The van der Waals surface area contributed by atoms with Gasteiger partial charge in [0.1, 0.15) is 0 Å². The minimum Gasteiger partial charge on any atom is -0.370 e. The minimum absolute atomic E-state index is 0.0713. The highest BCUT2D eigenvalue weighted by Gasteiger charge is 2.30. The molecule has 1 rings (SSSR count). The zero-order chi connectivity index (χ0) is 13.1. The Morgan fingerprint density at radius 1 is 1.24 bits per heavy atom. The Kier molecular flexibility index (Phi) is 4.15. The van der Waals surface area contributed by atoms with Gasteiger partial charge in [-0.05, 0) is 24.1 Å². The predicted molar refractivity (Wildman–Crippen MR) is 57.9 cm³/mol. The summed E-state index contributed by atoms with van der Waals surface area (Å²) in [6.45, 7) is 1.83. The molecule has 93 valence electrons. The molecule has 0 aliphatic heterocycles. The number of hydrogen-bond donors (Lipinski definition) is 1. The minimum atomic E-state index is -4.34.